The summed E-state index contributed by atoms with van der Waals surface area (Å²) in [6.45, 7) is 4.83. The van der Waals surface area contributed by atoms with Gasteiger partial charge in [0, 0.05) is 32.1 Å². The van der Waals surface area contributed by atoms with Crippen molar-refractivity contribution in [3.8, 4) is 11.3 Å². The number of likely N-dealkylation sites (tertiary alicyclic amines) is 1. The van der Waals surface area contributed by atoms with Crippen LogP contribution in [0.25, 0.3) is 11.3 Å². The molecule has 1 saturated heterocycles. The number of carbonyl (C=O) groups excluding carboxylic acids is 1. The number of rotatable bonds is 4. The zero-order valence-corrected chi connectivity index (χ0v) is 15.2. The van der Waals surface area contributed by atoms with E-state index in [9.17, 15) is 4.79 Å². The molecule has 4 rings (SSSR count). The van der Waals surface area contributed by atoms with E-state index in [2.05, 4.69) is 15.4 Å². The molecule has 3 aromatic heterocycles. The fraction of sp³-hybridized carbons (Fsp3) is 0.444. The summed E-state index contributed by atoms with van der Waals surface area (Å²) >= 11 is 0. The van der Waals surface area contributed by atoms with Crippen molar-refractivity contribution in [2.75, 3.05) is 6.54 Å². The molecule has 1 amide bonds. The van der Waals surface area contributed by atoms with Crippen LogP contribution in [0.4, 0.5) is 0 Å². The summed E-state index contributed by atoms with van der Waals surface area (Å²) in [5.41, 5.74) is 3.63. The SMILES string of the molecule is Cc1cnn(CC(=O)N2CCC[C@@H]2c2nn(C)cc2-c2cc(C)no2)c1. The second-order valence-electron chi connectivity index (χ2n) is 6.89. The lowest BCUT2D eigenvalue weighted by molar-refractivity contribution is -0.133. The summed E-state index contributed by atoms with van der Waals surface area (Å²) in [6.07, 6.45) is 7.42. The summed E-state index contributed by atoms with van der Waals surface area (Å²) in [5.74, 6) is 0.744. The van der Waals surface area contributed by atoms with E-state index < -0.39 is 0 Å². The van der Waals surface area contributed by atoms with Crippen molar-refractivity contribution in [3.05, 3.63) is 41.6 Å². The molecule has 8 nitrogen and oxygen atoms in total. The molecule has 4 heterocycles. The van der Waals surface area contributed by atoms with E-state index in [1.165, 1.54) is 0 Å². The number of aromatic nitrogens is 5. The Morgan fingerprint density at radius 1 is 1.35 bits per heavy atom. The van der Waals surface area contributed by atoms with Gasteiger partial charge in [0.2, 0.25) is 5.91 Å². The van der Waals surface area contributed by atoms with Gasteiger partial charge < -0.3 is 9.42 Å². The van der Waals surface area contributed by atoms with E-state index in [0.29, 0.717) is 5.76 Å². The molecule has 0 aromatic carbocycles. The van der Waals surface area contributed by atoms with Gasteiger partial charge in [-0.3, -0.25) is 14.2 Å². The highest BCUT2D eigenvalue weighted by Gasteiger charge is 2.34. The quantitative estimate of drug-likeness (QED) is 0.718. The predicted molar refractivity (Wildman–Crippen MR) is 94.1 cm³/mol. The van der Waals surface area contributed by atoms with E-state index in [-0.39, 0.29) is 18.5 Å². The number of nitrogens with zero attached hydrogens (tertiary/aromatic N) is 6. The first-order valence-electron chi connectivity index (χ1n) is 8.77. The molecule has 0 radical (unpaired) electrons. The van der Waals surface area contributed by atoms with Gasteiger partial charge in [0.05, 0.1) is 29.2 Å². The van der Waals surface area contributed by atoms with Gasteiger partial charge in [-0.1, -0.05) is 5.16 Å². The van der Waals surface area contributed by atoms with Gasteiger partial charge in [0.15, 0.2) is 5.76 Å². The lowest BCUT2D eigenvalue weighted by Crippen LogP contribution is -2.34. The van der Waals surface area contributed by atoms with Crippen LogP contribution in [0.3, 0.4) is 0 Å². The molecule has 0 bridgehead atoms. The predicted octanol–water partition coefficient (Wildman–Crippen LogP) is 2.25. The van der Waals surface area contributed by atoms with Crippen LogP contribution in [-0.2, 0) is 18.4 Å². The fourth-order valence-electron chi connectivity index (χ4n) is 3.56. The first-order valence-corrected chi connectivity index (χ1v) is 8.77. The summed E-state index contributed by atoms with van der Waals surface area (Å²) in [4.78, 5) is 14.8. The number of hydrogen-bond acceptors (Lipinski definition) is 5. The van der Waals surface area contributed by atoms with Crippen LogP contribution in [0, 0.1) is 13.8 Å². The van der Waals surface area contributed by atoms with Gasteiger partial charge in [0.25, 0.3) is 0 Å². The van der Waals surface area contributed by atoms with Crippen LogP contribution in [0.2, 0.25) is 0 Å². The van der Waals surface area contributed by atoms with Crippen molar-refractivity contribution in [2.45, 2.75) is 39.3 Å². The smallest absolute Gasteiger partial charge is 0.244 e. The van der Waals surface area contributed by atoms with Gasteiger partial charge in [-0.25, -0.2) is 0 Å². The largest absolute Gasteiger partial charge is 0.356 e. The molecule has 0 aliphatic carbocycles. The normalized spacial score (nSPS) is 17.2. The van der Waals surface area contributed by atoms with Crippen LogP contribution in [0.5, 0.6) is 0 Å². The molecule has 3 aromatic rings. The standard InChI is InChI=1S/C18H22N6O2/c1-12-8-19-23(9-12)11-17(25)24-6-4-5-15(24)18-14(10-22(3)20-18)16-7-13(2)21-26-16/h7-10,15H,4-6,11H2,1-3H3/t15-/m1/s1. The third kappa shape index (κ3) is 3.02. The van der Waals surface area contributed by atoms with Gasteiger partial charge in [-0.2, -0.15) is 10.2 Å². The van der Waals surface area contributed by atoms with Crippen LogP contribution >= 0.6 is 0 Å². The molecule has 1 aliphatic rings. The highest BCUT2D eigenvalue weighted by Crippen LogP contribution is 2.37. The molecule has 1 fully saturated rings. The number of carbonyl (C=O) groups is 1. The summed E-state index contributed by atoms with van der Waals surface area (Å²) < 4.78 is 8.89. The maximum absolute atomic E-state index is 12.9. The van der Waals surface area contributed by atoms with Crippen LogP contribution in [0.15, 0.2) is 29.2 Å². The van der Waals surface area contributed by atoms with Gasteiger partial charge in [-0.05, 0) is 32.3 Å². The Morgan fingerprint density at radius 2 is 2.19 bits per heavy atom. The van der Waals surface area contributed by atoms with Gasteiger partial charge in [0.1, 0.15) is 6.54 Å². The first kappa shape index (κ1) is 16.6. The first-order chi connectivity index (χ1) is 12.5. The second-order valence-corrected chi connectivity index (χ2v) is 6.89. The van der Waals surface area contributed by atoms with Crippen molar-refractivity contribution < 1.29 is 9.32 Å². The minimum atomic E-state index is -0.0548. The Balaban J connectivity index is 1.61. The molecule has 136 valence electrons. The van der Waals surface area contributed by atoms with Crippen LogP contribution in [0.1, 0.15) is 35.8 Å². The Morgan fingerprint density at radius 3 is 2.88 bits per heavy atom. The number of hydrogen-bond donors (Lipinski definition) is 0. The molecule has 0 spiro atoms. The van der Waals surface area contributed by atoms with E-state index >= 15 is 0 Å². The Bertz CT molecular complexity index is 937. The molecule has 8 heteroatoms. The molecule has 26 heavy (non-hydrogen) atoms. The van der Waals surface area contributed by atoms with E-state index in [0.717, 1.165) is 41.9 Å². The highest BCUT2D eigenvalue weighted by atomic mass is 16.5. The van der Waals surface area contributed by atoms with Crippen LogP contribution in [-0.4, -0.2) is 42.1 Å². The Labute approximate surface area is 151 Å². The zero-order valence-electron chi connectivity index (χ0n) is 15.2. The Hall–Kier alpha value is -2.90. The molecule has 1 atom stereocenters. The minimum Gasteiger partial charge on any atom is -0.356 e. The van der Waals surface area contributed by atoms with Crippen molar-refractivity contribution in [3.63, 3.8) is 0 Å². The number of aryl methyl sites for hydroxylation is 3. The summed E-state index contributed by atoms with van der Waals surface area (Å²) in [6, 6.07) is 1.84. The maximum Gasteiger partial charge on any atom is 0.244 e. The van der Waals surface area contributed by atoms with Crippen molar-refractivity contribution in [1.29, 1.82) is 0 Å². The zero-order chi connectivity index (χ0) is 18.3. The van der Waals surface area contributed by atoms with Crippen LogP contribution < -0.4 is 0 Å². The minimum absolute atomic E-state index is 0.0548. The van der Waals surface area contributed by atoms with E-state index in [1.54, 1.807) is 15.6 Å². The molecule has 1 aliphatic heterocycles. The Kier molecular flexibility index (Phi) is 4.10. The fourth-order valence-corrected chi connectivity index (χ4v) is 3.56. The van der Waals surface area contributed by atoms with Crippen molar-refractivity contribution in [2.24, 2.45) is 7.05 Å². The third-order valence-electron chi connectivity index (χ3n) is 4.70. The average molecular weight is 354 g/mol. The molecule has 0 N–H and O–H groups in total. The van der Waals surface area contributed by atoms with Crippen molar-refractivity contribution >= 4 is 5.91 Å². The average Bonchev–Trinajstić information content (AvgIpc) is 3.34. The third-order valence-corrected chi connectivity index (χ3v) is 4.70. The van der Waals surface area contributed by atoms with Gasteiger partial charge >= 0.3 is 0 Å². The highest BCUT2D eigenvalue weighted by molar-refractivity contribution is 5.77. The molecular weight excluding hydrogens is 332 g/mol. The van der Waals surface area contributed by atoms with E-state index in [4.69, 9.17) is 4.52 Å². The summed E-state index contributed by atoms with van der Waals surface area (Å²) in [5, 5.41) is 12.8. The molecule has 0 saturated carbocycles. The maximum atomic E-state index is 12.9. The monoisotopic (exact) mass is 354 g/mol. The summed E-state index contributed by atoms with van der Waals surface area (Å²) in [7, 11) is 1.88. The lowest BCUT2D eigenvalue weighted by atomic mass is 10.1. The lowest BCUT2D eigenvalue weighted by Gasteiger charge is -2.24. The number of amides is 1. The van der Waals surface area contributed by atoms with E-state index in [1.807, 2.05) is 44.3 Å². The van der Waals surface area contributed by atoms with Gasteiger partial charge in [-0.15, -0.1) is 0 Å². The molecular formula is C18H22N6O2. The topological polar surface area (TPSA) is 82.0 Å². The molecule has 0 unspecified atom stereocenters. The van der Waals surface area contributed by atoms with Crippen molar-refractivity contribution in [1.82, 2.24) is 29.6 Å². The second kappa shape index (κ2) is 6.44.